The van der Waals surface area contributed by atoms with Gasteiger partial charge in [0.15, 0.2) is 11.6 Å². The first-order valence-corrected chi connectivity index (χ1v) is 16.9. The summed E-state index contributed by atoms with van der Waals surface area (Å²) in [7, 11) is 0. The number of aliphatic hydroxyl groups is 1. The van der Waals surface area contributed by atoms with E-state index >= 15 is 0 Å². The third kappa shape index (κ3) is 53.3. The van der Waals surface area contributed by atoms with Crippen molar-refractivity contribution in [1.82, 2.24) is 9.97 Å². The molecule has 0 saturated carbocycles. The van der Waals surface area contributed by atoms with E-state index in [1.807, 2.05) is 30.3 Å². The summed E-state index contributed by atoms with van der Waals surface area (Å²) in [6.07, 6.45) is 32.8. The van der Waals surface area contributed by atoms with Gasteiger partial charge < -0.3 is 5.11 Å². The number of carbonyl (C=O) groups excluding carboxylic acids is 3. The van der Waals surface area contributed by atoms with Crippen molar-refractivity contribution in [3.63, 3.8) is 0 Å². The second-order valence-corrected chi connectivity index (χ2v) is 10.7. The van der Waals surface area contributed by atoms with E-state index in [0.29, 0.717) is 6.61 Å². The average molecular weight is 583 g/mol. The van der Waals surface area contributed by atoms with E-state index in [4.69, 9.17) is 5.11 Å². The molecule has 1 aromatic rings. The van der Waals surface area contributed by atoms with E-state index in [-0.39, 0.29) is 18.0 Å². The monoisotopic (exact) mass is 582 g/mol. The van der Waals surface area contributed by atoms with Crippen molar-refractivity contribution in [2.24, 2.45) is 0 Å². The van der Waals surface area contributed by atoms with Gasteiger partial charge in [0.05, 0.1) is 6.42 Å². The van der Waals surface area contributed by atoms with Gasteiger partial charge in [0, 0.05) is 42.9 Å². The van der Waals surface area contributed by atoms with Gasteiger partial charge in [-0.05, 0) is 50.0 Å². The van der Waals surface area contributed by atoms with Gasteiger partial charge in [0.1, 0.15) is 6.29 Å². The summed E-state index contributed by atoms with van der Waals surface area (Å²) < 4.78 is 0. The van der Waals surface area contributed by atoms with E-state index in [1.165, 1.54) is 87.9 Å². The van der Waals surface area contributed by atoms with E-state index in [2.05, 4.69) is 23.8 Å². The zero-order valence-corrected chi connectivity index (χ0v) is 26.5. The molecule has 0 bridgehead atoms. The van der Waals surface area contributed by atoms with Gasteiger partial charge in [0.25, 0.3) is 0 Å². The fraction of sp³-hybridized carbons (Fsp3) is 0.645. The number of hydrogen-bond donors (Lipinski definition) is 1. The van der Waals surface area contributed by atoms with Crippen LogP contribution in [0.25, 0.3) is 0 Å². The summed E-state index contributed by atoms with van der Waals surface area (Å²) in [6.45, 7) is 4.79. The molecule has 1 aliphatic carbocycles. The largest absolute Gasteiger partial charge is 0.396 e. The fourth-order valence-corrected chi connectivity index (χ4v) is 2.64. The number of aliphatic hydroxyl groups excluding tert-OH is 1. The highest BCUT2D eigenvalue weighted by Gasteiger charge is 2.09. The van der Waals surface area contributed by atoms with Gasteiger partial charge in [-0.25, -0.2) is 0 Å². The first kappa shape index (κ1) is 41.7. The Balaban J connectivity index is -0.000000418. The molecule has 6 nitrogen and oxygen atoms in total. The Morgan fingerprint density at radius 2 is 1.21 bits per heavy atom. The number of ketones is 2. The van der Waals surface area contributed by atoms with Crippen molar-refractivity contribution in [3.05, 3.63) is 49.1 Å². The lowest BCUT2D eigenvalue weighted by Gasteiger charge is -1.97. The molecule has 1 fully saturated rings. The Morgan fingerprint density at radius 3 is 1.51 bits per heavy atom. The molecule has 39 heavy (non-hydrogen) atoms. The zero-order chi connectivity index (χ0) is 29.7. The van der Waals surface area contributed by atoms with Crippen molar-refractivity contribution in [2.45, 2.75) is 97.3 Å². The summed E-state index contributed by atoms with van der Waals surface area (Å²) >= 11 is 3.75. The molecule has 2 aliphatic rings. The number of thioether (sulfide) groups is 2. The molecule has 1 N–H and O–H groups in total. The minimum absolute atomic E-state index is 0.0787. The SMILES string of the molecule is C1CS1.CCCCCC/C=C/C=O.CCCCCCCCCO.CSC.O=C1C=CC(=O)C1.c1cnccn1. The van der Waals surface area contributed by atoms with Gasteiger partial charge in [-0.3, -0.25) is 24.4 Å². The maximum atomic E-state index is 10.1. The number of aldehydes is 1. The highest BCUT2D eigenvalue weighted by atomic mass is 32.2. The molecule has 0 radical (unpaired) electrons. The molecule has 1 saturated heterocycles. The Morgan fingerprint density at radius 1 is 0.795 bits per heavy atom. The quantitative estimate of drug-likeness (QED) is 0.0830. The van der Waals surface area contributed by atoms with Crippen molar-refractivity contribution >= 4 is 41.4 Å². The first-order valence-electron chi connectivity index (χ1n) is 14.2. The molecule has 224 valence electrons. The summed E-state index contributed by atoms with van der Waals surface area (Å²) in [5, 5.41) is 8.47. The Bertz CT molecular complexity index is 631. The number of carbonyl (C=O) groups is 3. The molecule has 0 atom stereocenters. The fourth-order valence-electron chi connectivity index (χ4n) is 2.64. The molecule has 1 aromatic heterocycles. The Hall–Kier alpha value is -1.77. The van der Waals surface area contributed by atoms with Crippen LogP contribution in [0.4, 0.5) is 0 Å². The molecular formula is C31H54N2O4S2. The molecular weight excluding hydrogens is 528 g/mol. The number of aromatic nitrogens is 2. The van der Waals surface area contributed by atoms with E-state index in [9.17, 15) is 14.4 Å². The standard InChI is InChI=1S/C9H20O.C9H16O.C5H4O2.C4H4N2.C2H4S.C2H6S/c2*1-2-3-4-5-6-7-8-9-10;6-4-1-2-5(7)3-4;1-2-6-4-3-5-1;1-2-3-1;1-3-2/h10H,2-9H2,1H3;7-9H,2-6H2,1H3;1-2H,3H2;1-4H;1-2H2;1-2H3/b;8-7+;;;;. The zero-order valence-electron chi connectivity index (χ0n) is 24.9. The predicted octanol–water partition coefficient (Wildman–Crippen LogP) is 7.71. The topological polar surface area (TPSA) is 97.2 Å². The lowest BCUT2D eigenvalue weighted by Crippen LogP contribution is -1.90. The summed E-state index contributed by atoms with van der Waals surface area (Å²) in [4.78, 5) is 37.5. The smallest absolute Gasteiger partial charge is 0.163 e. The molecule has 0 amide bonds. The number of allylic oxidation sites excluding steroid dienone is 4. The van der Waals surface area contributed by atoms with Crippen LogP contribution in [0.2, 0.25) is 0 Å². The molecule has 2 heterocycles. The van der Waals surface area contributed by atoms with Crippen LogP contribution in [0.15, 0.2) is 49.1 Å². The molecule has 0 aromatic carbocycles. The van der Waals surface area contributed by atoms with Crippen molar-refractivity contribution in [2.75, 3.05) is 30.6 Å². The van der Waals surface area contributed by atoms with E-state index in [1.54, 1.807) is 42.6 Å². The van der Waals surface area contributed by atoms with E-state index in [0.717, 1.165) is 19.1 Å². The minimum atomic E-state index is -0.0787. The normalized spacial score (nSPS) is 12.2. The number of rotatable bonds is 13. The van der Waals surface area contributed by atoms with Crippen LogP contribution in [0.1, 0.15) is 97.3 Å². The van der Waals surface area contributed by atoms with Crippen molar-refractivity contribution < 1.29 is 19.5 Å². The summed E-state index contributed by atoms with van der Waals surface area (Å²) in [5.41, 5.74) is 0. The lowest BCUT2D eigenvalue weighted by molar-refractivity contribution is -0.120. The highest BCUT2D eigenvalue weighted by Crippen LogP contribution is 2.14. The summed E-state index contributed by atoms with van der Waals surface area (Å²) in [6, 6.07) is 0. The van der Waals surface area contributed by atoms with Crippen LogP contribution in [0, 0.1) is 0 Å². The second kappa shape index (κ2) is 40.7. The molecule has 3 rings (SSSR count). The van der Waals surface area contributed by atoms with Crippen molar-refractivity contribution in [1.29, 1.82) is 0 Å². The number of unbranched alkanes of at least 4 members (excludes halogenated alkanes) is 10. The van der Waals surface area contributed by atoms with Gasteiger partial charge in [0.2, 0.25) is 0 Å². The van der Waals surface area contributed by atoms with Gasteiger partial charge in [-0.15, -0.1) is 0 Å². The second-order valence-electron chi connectivity index (χ2n) is 8.62. The van der Waals surface area contributed by atoms with Gasteiger partial charge in [-0.2, -0.15) is 23.5 Å². The molecule has 0 spiro atoms. The molecule has 1 aliphatic heterocycles. The Kier molecular flexibility index (Phi) is 43.5. The summed E-state index contributed by atoms with van der Waals surface area (Å²) in [5.74, 6) is 2.68. The molecule has 0 unspecified atom stereocenters. The van der Waals surface area contributed by atoms with Crippen LogP contribution in [0.5, 0.6) is 0 Å². The van der Waals surface area contributed by atoms with Crippen LogP contribution in [0.3, 0.4) is 0 Å². The van der Waals surface area contributed by atoms with Crippen molar-refractivity contribution in [3.8, 4) is 0 Å². The lowest BCUT2D eigenvalue weighted by atomic mass is 10.1. The van der Waals surface area contributed by atoms with Crippen LogP contribution in [-0.4, -0.2) is 63.6 Å². The predicted molar refractivity (Wildman–Crippen MR) is 172 cm³/mol. The third-order valence-corrected chi connectivity index (χ3v) is 5.09. The maximum Gasteiger partial charge on any atom is 0.163 e. The Labute approximate surface area is 247 Å². The van der Waals surface area contributed by atoms with Crippen LogP contribution >= 0.6 is 23.5 Å². The van der Waals surface area contributed by atoms with E-state index < -0.39 is 0 Å². The highest BCUT2D eigenvalue weighted by molar-refractivity contribution is 8.06. The van der Waals surface area contributed by atoms with Crippen LogP contribution in [-0.2, 0) is 14.4 Å². The number of nitrogens with zero attached hydrogens (tertiary/aromatic N) is 2. The van der Waals surface area contributed by atoms with Gasteiger partial charge in [-0.1, -0.05) is 77.7 Å². The maximum absolute atomic E-state index is 10.1. The van der Waals surface area contributed by atoms with Gasteiger partial charge >= 0.3 is 0 Å². The first-order chi connectivity index (χ1) is 19.0. The number of hydrogen-bond acceptors (Lipinski definition) is 8. The average Bonchev–Trinajstić information content (AvgIpc) is 3.80. The third-order valence-electron chi connectivity index (χ3n) is 4.69. The molecule has 8 heteroatoms. The van der Waals surface area contributed by atoms with Crippen LogP contribution < -0.4 is 0 Å². The minimum Gasteiger partial charge on any atom is -0.396 e.